The first-order chi connectivity index (χ1) is 5.70. The first-order valence-corrected chi connectivity index (χ1v) is 4.32. The lowest BCUT2D eigenvalue weighted by Gasteiger charge is -2.09. The number of hydrogen-bond acceptors (Lipinski definition) is 2. The summed E-state index contributed by atoms with van der Waals surface area (Å²) in [5, 5.41) is 2.51. The van der Waals surface area contributed by atoms with Crippen molar-refractivity contribution in [3.63, 3.8) is 0 Å². The van der Waals surface area contributed by atoms with Gasteiger partial charge in [-0.2, -0.15) is 0 Å². The molecule has 12 heavy (non-hydrogen) atoms. The van der Waals surface area contributed by atoms with Crippen LogP contribution in [0.15, 0.2) is 12.3 Å². The van der Waals surface area contributed by atoms with Crippen LogP contribution in [0.5, 0.6) is 0 Å². The zero-order chi connectivity index (χ0) is 9.40. The zero-order valence-electron chi connectivity index (χ0n) is 7.96. The molecule has 0 aliphatic heterocycles. The monoisotopic (exact) mass is 171 g/mol. The fourth-order valence-electron chi connectivity index (χ4n) is 0.545. The molecule has 0 aromatic carbocycles. The standard InChI is InChI=1S/C9H17NO2/c1-4-6-7-10-9(11)12-8(3)5-2/h6-8H,4-5H2,1-3H3,(H,10,11)/b7-6+. The third kappa shape index (κ3) is 5.77. The Morgan fingerprint density at radius 1 is 1.58 bits per heavy atom. The highest BCUT2D eigenvalue weighted by Gasteiger charge is 2.03. The molecule has 0 aliphatic rings. The fraction of sp³-hybridized carbons (Fsp3) is 0.667. The molecule has 0 aromatic rings. The maximum absolute atomic E-state index is 10.9. The summed E-state index contributed by atoms with van der Waals surface area (Å²) in [6.45, 7) is 5.83. The van der Waals surface area contributed by atoms with E-state index in [9.17, 15) is 4.79 Å². The summed E-state index contributed by atoms with van der Waals surface area (Å²) in [5.41, 5.74) is 0. The summed E-state index contributed by atoms with van der Waals surface area (Å²) in [5.74, 6) is 0. The average Bonchev–Trinajstić information content (AvgIpc) is 2.05. The Bertz CT molecular complexity index is 155. The van der Waals surface area contributed by atoms with Crippen molar-refractivity contribution < 1.29 is 9.53 Å². The highest BCUT2D eigenvalue weighted by Crippen LogP contribution is 1.95. The molecule has 0 heterocycles. The van der Waals surface area contributed by atoms with Crippen molar-refractivity contribution in [1.29, 1.82) is 0 Å². The van der Waals surface area contributed by atoms with Crippen LogP contribution >= 0.6 is 0 Å². The number of carbonyl (C=O) groups is 1. The third-order valence-corrected chi connectivity index (χ3v) is 1.44. The van der Waals surface area contributed by atoms with Crippen LogP contribution in [0.2, 0.25) is 0 Å². The molecule has 0 radical (unpaired) electrons. The second-order valence-electron chi connectivity index (χ2n) is 2.58. The van der Waals surface area contributed by atoms with Crippen LogP contribution in [0, 0.1) is 0 Å². The van der Waals surface area contributed by atoms with Crippen molar-refractivity contribution in [2.45, 2.75) is 39.7 Å². The van der Waals surface area contributed by atoms with Crippen LogP contribution in [0.1, 0.15) is 33.6 Å². The van der Waals surface area contributed by atoms with Crippen molar-refractivity contribution in [1.82, 2.24) is 5.32 Å². The number of rotatable bonds is 4. The fourth-order valence-corrected chi connectivity index (χ4v) is 0.545. The van der Waals surface area contributed by atoms with Gasteiger partial charge in [-0.1, -0.05) is 19.9 Å². The summed E-state index contributed by atoms with van der Waals surface area (Å²) in [7, 11) is 0. The summed E-state index contributed by atoms with van der Waals surface area (Å²) in [6, 6.07) is 0. The Kier molecular flexibility index (Phi) is 6.15. The highest BCUT2D eigenvalue weighted by atomic mass is 16.6. The van der Waals surface area contributed by atoms with Gasteiger partial charge >= 0.3 is 6.09 Å². The molecule has 1 unspecified atom stereocenters. The van der Waals surface area contributed by atoms with E-state index >= 15 is 0 Å². The summed E-state index contributed by atoms with van der Waals surface area (Å²) in [6.07, 6.45) is 4.81. The van der Waals surface area contributed by atoms with E-state index in [0.717, 1.165) is 12.8 Å². The van der Waals surface area contributed by atoms with Gasteiger partial charge in [0.15, 0.2) is 0 Å². The second-order valence-corrected chi connectivity index (χ2v) is 2.58. The normalized spacial score (nSPS) is 12.9. The van der Waals surface area contributed by atoms with Crippen LogP contribution in [0.4, 0.5) is 4.79 Å². The minimum Gasteiger partial charge on any atom is -0.446 e. The van der Waals surface area contributed by atoms with Crippen LogP contribution in [-0.4, -0.2) is 12.2 Å². The molecule has 0 saturated carbocycles. The quantitative estimate of drug-likeness (QED) is 0.705. The molecule has 1 N–H and O–H groups in total. The lowest BCUT2D eigenvalue weighted by atomic mass is 10.3. The van der Waals surface area contributed by atoms with E-state index in [0.29, 0.717) is 0 Å². The molecule has 0 fully saturated rings. The lowest BCUT2D eigenvalue weighted by Crippen LogP contribution is -2.23. The van der Waals surface area contributed by atoms with Crippen LogP contribution < -0.4 is 5.32 Å². The molecule has 0 saturated heterocycles. The largest absolute Gasteiger partial charge is 0.446 e. The summed E-state index contributed by atoms with van der Waals surface area (Å²) >= 11 is 0. The van der Waals surface area contributed by atoms with E-state index in [4.69, 9.17) is 4.74 Å². The Morgan fingerprint density at radius 2 is 2.25 bits per heavy atom. The molecule has 1 amide bonds. The predicted octanol–water partition coefficient (Wildman–Crippen LogP) is 2.43. The molecule has 0 bridgehead atoms. The molecule has 0 spiro atoms. The van der Waals surface area contributed by atoms with Crippen LogP contribution in [0.25, 0.3) is 0 Å². The molecule has 0 rings (SSSR count). The van der Waals surface area contributed by atoms with Crippen LogP contribution in [-0.2, 0) is 4.74 Å². The number of ether oxygens (including phenoxy) is 1. The molecule has 70 valence electrons. The van der Waals surface area contributed by atoms with Crippen molar-refractivity contribution in [2.75, 3.05) is 0 Å². The molecule has 3 nitrogen and oxygen atoms in total. The summed E-state index contributed by atoms with van der Waals surface area (Å²) < 4.78 is 4.94. The molecule has 1 atom stereocenters. The highest BCUT2D eigenvalue weighted by molar-refractivity contribution is 5.68. The van der Waals surface area contributed by atoms with Crippen molar-refractivity contribution in [2.24, 2.45) is 0 Å². The van der Waals surface area contributed by atoms with Crippen LogP contribution in [0.3, 0.4) is 0 Å². The van der Waals surface area contributed by atoms with E-state index in [1.165, 1.54) is 0 Å². The number of nitrogens with one attached hydrogen (secondary N) is 1. The van der Waals surface area contributed by atoms with E-state index in [1.807, 2.05) is 26.8 Å². The van der Waals surface area contributed by atoms with E-state index in [1.54, 1.807) is 6.20 Å². The number of allylic oxidation sites excluding steroid dienone is 1. The number of carbonyl (C=O) groups excluding carboxylic acids is 1. The van der Waals surface area contributed by atoms with Gasteiger partial charge in [0, 0.05) is 6.20 Å². The first-order valence-electron chi connectivity index (χ1n) is 4.32. The molecular weight excluding hydrogens is 154 g/mol. The van der Waals surface area contributed by atoms with Gasteiger partial charge in [0.1, 0.15) is 6.10 Å². The average molecular weight is 171 g/mol. The van der Waals surface area contributed by atoms with Gasteiger partial charge in [0.25, 0.3) is 0 Å². The van der Waals surface area contributed by atoms with E-state index in [2.05, 4.69) is 5.32 Å². The Morgan fingerprint density at radius 3 is 2.75 bits per heavy atom. The minimum atomic E-state index is -0.381. The summed E-state index contributed by atoms with van der Waals surface area (Å²) in [4.78, 5) is 10.9. The molecule has 3 heteroatoms. The van der Waals surface area contributed by atoms with E-state index < -0.39 is 0 Å². The maximum atomic E-state index is 10.9. The van der Waals surface area contributed by atoms with Gasteiger partial charge in [0.2, 0.25) is 0 Å². The predicted molar refractivity (Wildman–Crippen MR) is 48.8 cm³/mol. The van der Waals surface area contributed by atoms with Gasteiger partial charge < -0.3 is 4.74 Å². The molecular formula is C9H17NO2. The zero-order valence-corrected chi connectivity index (χ0v) is 7.96. The Balaban J connectivity index is 3.52. The molecule has 0 aliphatic carbocycles. The number of alkyl carbamates (subject to hydrolysis) is 1. The number of amides is 1. The molecule has 0 aromatic heterocycles. The maximum Gasteiger partial charge on any atom is 0.411 e. The topological polar surface area (TPSA) is 38.3 Å². The van der Waals surface area contributed by atoms with Crippen molar-refractivity contribution in [3.8, 4) is 0 Å². The first kappa shape index (κ1) is 11.0. The Hall–Kier alpha value is -0.990. The van der Waals surface area contributed by atoms with Gasteiger partial charge in [-0.25, -0.2) is 4.79 Å². The second kappa shape index (κ2) is 6.70. The smallest absolute Gasteiger partial charge is 0.411 e. The van der Waals surface area contributed by atoms with Gasteiger partial charge in [-0.3, -0.25) is 5.32 Å². The van der Waals surface area contributed by atoms with Gasteiger partial charge in [-0.15, -0.1) is 0 Å². The lowest BCUT2D eigenvalue weighted by molar-refractivity contribution is 0.108. The van der Waals surface area contributed by atoms with Crippen molar-refractivity contribution >= 4 is 6.09 Å². The third-order valence-electron chi connectivity index (χ3n) is 1.44. The van der Waals surface area contributed by atoms with E-state index in [-0.39, 0.29) is 12.2 Å². The minimum absolute atomic E-state index is 0.0139. The number of hydrogen-bond donors (Lipinski definition) is 1. The van der Waals surface area contributed by atoms with Crippen molar-refractivity contribution in [3.05, 3.63) is 12.3 Å². The van der Waals surface area contributed by atoms with Gasteiger partial charge in [-0.05, 0) is 19.8 Å². The SMILES string of the molecule is CC/C=C/NC(=O)OC(C)CC. The Labute approximate surface area is 73.8 Å². The van der Waals surface area contributed by atoms with Gasteiger partial charge in [0.05, 0.1) is 0 Å².